The molecule has 0 saturated carbocycles. The van der Waals surface area contributed by atoms with Crippen molar-refractivity contribution in [2.24, 2.45) is 0 Å². The molecule has 0 unspecified atom stereocenters. The number of aromatic hydroxyl groups is 1. The second kappa shape index (κ2) is 5.11. The Kier molecular flexibility index (Phi) is 3.83. The third-order valence-corrected chi connectivity index (χ3v) is 1.97. The van der Waals surface area contributed by atoms with Crippen LogP contribution in [0.2, 0.25) is 0 Å². The number of ketones is 1. The zero-order chi connectivity index (χ0) is 12.1. The summed E-state index contributed by atoms with van der Waals surface area (Å²) in [4.78, 5) is 22.5. The number of Topliss-reactive ketones (excluding diaryl/α,β-unsaturated/α-hetero) is 1. The third kappa shape index (κ3) is 2.95. The van der Waals surface area contributed by atoms with Crippen molar-refractivity contribution in [3.63, 3.8) is 0 Å². The maximum absolute atomic E-state index is 11.3. The van der Waals surface area contributed by atoms with Crippen LogP contribution >= 0.6 is 0 Å². The minimum absolute atomic E-state index is 0.0481. The van der Waals surface area contributed by atoms with Gasteiger partial charge in [0.05, 0.1) is 7.11 Å². The molecule has 0 aliphatic carbocycles. The zero-order valence-electron chi connectivity index (χ0n) is 9.06. The lowest BCUT2D eigenvalue weighted by Crippen LogP contribution is -2.11. The molecule has 1 rings (SSSR count). The predicted molar refractivity (Wildman–Crippen MR) is 58.8 cm³/mol. The monoisotopic (exact) mass is 220 g/mol. The van der Waals surface area contributed by atoms with Gasteiger partial charge in [-0.3, -0.25) is 4.79 Å². The van der Waals surface area contributed by atoms with Crippen molar-refractivity contribution in [1.29, 1.82) is 0 Å². The molecule has 4 nitrogen and oxygen atoms in total. The lowest BCUT2D eigenvalue weighted by atomic mass is 10.1. The lowest BCUT2D eigenvalue weighted by Gasteiger charge is -2.01. The topological polar surface area (TPSA) is 63.6 Å². The fourth-order valence-electron chi connectivity index (χ4n) is 1.20. The molecule has 0 aliphatic heterocycles. The van der Waals surface area contributed by atoms with Crippen LogP contribution in [-0.4, -0.2) is 24.0 Å². The van der Waals surface area contributed by atoms with Gasteiger partial charge in [-0.1, -0.05) is 12.1 Å². The van der Waals surface area contributed by atoms with Gasteiger partial charge in [0.2, 0.25) is 0 Å². The van der Waals surface area contributed by atoms with Crippen molar-refractivity contribution in [3.8, 4) is 5.75 Å². The van der Waals surface area contributed by atoms with Crippen molar-refractivity contribution in [3.05, 3.63) is 35.4 Å². The maximum Gasteiger partial charge on any atom is 0.341 e. The highest BCUT2D eigenvalue weighted by Gasteiger charge is 2.14. The molecule has 0 aromatic heterocycles. The van der Waals surface area contributed by atoms with E-state index in [-0.39, 0.29) is 17.1 Å². The normalized spacial score (nSPS) is 11.0. The summed E-state index contributed by atoms with van der Waals surface area (Å²) < 4.78 is 4.49. The van der Waals surface area contributed by atoms with Crippen LogP contribution < -0.4 is 0 Å². The highest BCUT2D eigenvalue weighted by Crippen LogP contribution is 2.15. The lowest BCUT2D eigenvalue weighted by molar-refractivity contribution is -0.137. The molecule has 0 bridgehead atoms. The molecule has 84 valence electrons. The Hall–Kier alpha value is -2.10. The van der Waals surface area contributed by atoms with Gasteiger partial charge in [-0.25, -0.2) is 4.79 Å². The Morgan fingerprint density at radius 2 is 2.06 bits per heavy atom. The summed E-state index contributed by atoms with van der Waals surface area (Å²) in [5.41, 5.74) is 0.517. The van der Waals surface area contributed by atoms with E-state index in [0.29, 0.717) is 5.56 Å². The number of hydrogen-bond donors (Lipinski definition) is 1. The number of ether oxygens (including phenoxy) is 1. The van der Waals surface area contributed by atoms with Crippen LogP contribution in [0.4, 0.5) is 0 Å². The smallest absolute Gasteiger partial charge is 0.341 e. The van der Waals surface area contributed by atoms with Crippen LogP contribution in [0.15, 0.2) is 29.8 Å². The molecule has 1 N–H and O–H groups in total. The van der Waals surface area contributed by atoms with Crippen LogP contribution in [0.5, 0.6) is 5.75 Å². The van der Waals surface area contributed by atoms with Crippen LogP contribution in [0.3, 0.4) is 0 Å². The first-order valence-electron chi connectivity index (χ1n) is 4.64. The van der Waals surface area contributed by atoms with E-state index in [4.69, 9.17) is 0 Å². The largest absolute Gasteiger partial charge is 0.508 e. The molecule has 0 aliphatic rings. The molecule has 0 fully saturated rings. The van der Waals surface area contributed by atoms with Crippen LogP contribution in [0.25, 0.3) is 6.08 Å². The number of phenols is 1. The quantitative estimate of drug-likeness (QED) is 0.363. The first-order valence-corrected chi connectivity index (χ1v) is 4.64. The van der Waals surface area contributed by atoms with Crippen molar-refractivity contribution in [1.82, 2.24) is 0 Å². The highest BCUT2D eigenvalue weighted by atomic mass is 16.5. The van der Waals surface area contributed by atoms with Gasteiger partial charge in [-0.05, 0) is 30.7 Å². The molecule has 0 amide bonds. The Balaban J connectivity index is 3.12. The maximum atomic E-state index is 11.3. The first kappa shape index (κ1) is 12.0. The Bertz CT molecular complexity index is 446. The van der Waals surface area contributed by atoms with Gasteiger partial charge in [-0.2, -0.15) is 0 Å². The first-order chi connectivity index (χ1) is 7.54. The van der Waals surface area contributed by atoms with E-state index in [1.165, 1.54) is 32.2 Å². The number of esters is 1. The van der Waals surface area contributed by atoms with Crippen molar-refractivity contribution in [2.45, 2.75) is 6.92 Å². The van der Waals surface area contributed by atoms with Crippen LogP contribution in [-0.2, 0) is 14.3 Å². The summed E-state index contributed by atoms with van der Waals surface area (Å²) in [5.74, 6) is -0.993. The van der Waals surface area contributed by atoms with E-state index in [1.54, 1.807) is 12.1 Å². The Morgan fingerprint density at radius 3 is 2.56 bits per heavy atom. The number of rotatable bonds is 3. The van der Waals surface area contributed by atoms with Gasteiger partial charge < -0.3 is 9.84 Å². The van der Waals surface area contributed by atoms with Gasteiger partial charge >= 0.3 is 5.97 Å². The molecule has 1 aromatic carbocycles. The van der Waals surface area contributed by atoms with Gasteiger partial charge in [0.1, 0.15) is 11.3 Å². The van der Waals surface area contributed by atoms with E-state index < -0.39 is 5.97 Å². The highest BCUT2D eigenvalue weighted by molar-refractivity contribution is 6.19. The molecule has 1 aromatic rings. The molecule has 16 heavy (non-hydrogen) atoms. The van der Waals surface area contributed by atoms with Crippen molar-refractivity contribution in [2.75, 3.05) is 7.11 Å². The molecular weight excluding hydrogens is 208 g/mol. The van der Waals surface area contributed by atoms with Gasteiger partial charge in [0, 0.05) is 0 Å². The summed E-state index contributed by atoms with van der Waals surface area (Å²) in [6, 6.07) is 6.25. The summed E-state index contributed by atoms with van der Waals surface area (Å²) in [6.07, 6.45) is 1.38. The summed E-state index contributed by atoms with van der Waals surface area (Å²) in [7, 11) is 1.21. The van der Waals surface area contributed by atoms with Crippen molar-refractivity contribution < 1.29 is 19.4 Å². The average Bonchev–Trinajstić information content (AvgIpc) is 2.24. The molecular formula is C12H12O4. The Morgan fingerprint density at radius 1 is 1.38 bits per heavy atom. The summed E-state index contributed by atoms with van der Waals surface area (Å²) in [6.45, 7) is 1.28. The van der Waals surface area contributed by atoms with E-state index >= 15 is 0 Å². The average molecular weight is 220 g/mol. The van der Waals surface area contributed by atoms with Crippen LogP contribution in [0, 0.1) is 0 Å². The number of phenolic OH excluding ortho intramolecular Hbond substituents is 1. The number of carbonyl (C=O) groups is 2. The standard InChI is InChI=1S/C12H12O4/c1-8(13)11(12(15)16-2)7-9-4-3-5-10(14)6-9/h3-7,14H,1-2H3. The number of benzene rings is 1. The third-order valence-electron chi connectivity index (χ3n) is 1.97. The van der Waals surface area contributed by atoms with E-state index in [1.807, 2.05) is 0 Å². The minimum Gasteiger partial charge on any atom is -0.508 e. The molecule has 0 saturated heterocycles. The molecule has 0 spiro atoms. The fraction of sp³-hybridized carbons (Fsp3) is 0.167. The fourth-order valence-corrected chi connectivity index (χ4v) is 1.20. The zero-order valence-corrected chi connectivity index (χ0v) is 9.06. The summed E-state index contributed by atoms with van der Waals surface area (Å²) in [5, 5.41) is 9.23. The second-order valence-corrected chi connectivity index (χ2v) is 3.20. The molecule has 0 radical (unpaired) electrons. The van der Waals surface area contributed by atoms with Gasteiger partial charge in [0.25, 0.3) is 0 Å². The van der Waals surface area contributed by atoms with E-state index in [9.17, 15) is 14.7 Å². The number of methoxy groups -OCH3 is 1. The molecule has 0 heterocycles. The van der Waals surface area contributed by atoms with Gasteiger partial charge in [-0.15, -0.1) is 0 Å². The van der Waals surface area contributed by atoms with Crippen molar-refractivity contribution >= 4 is 17.8 Å². The van der Waals surface area contributed by atoms with Gasteiger partial charge in [0.15, 0.2) is 5.78 Å². The number of hydrogen-bond acceptors (Lipinski definition) is 4. The Labute approximate surface area is 93.2 Å². The molecule has 4 heteroatoms. The van der Waals surface area contributed by atoms with Crippen LogP contribution in [0.1, 0.15) is 12.5 Å². The number of carbonyl (C=O) groups excluding carboxylic acids is 2. The molecule has 0 atom stereocenters. The minimum atomic E-state index is -0.684. The van der Waals surface area contributed by atoms with E-state index in [0.717, 1.165) is 0 Å². The second-order valence-electron chi connectivity index (χ2n) is 3.20. The van der Waals surface area contributed by atoms with E-state index in [2.05, 4.69) is 4.74 Å². The SMILES string of the molecule is COC(=O)C(=Cc1cccc(O)c1)C(C)=O. The summed E-state index contributed by atoms with van der Waals surface area (Å²) >= 11 is 0. The predicted octanol–water partition coefficient (Wildman–Crippen LogP) is 1.54.